The molecule has 1 aliphatic heterocycles. The average molecular weight is 231 g/mol. The van der Waals surface area contributed by atoms with Gasteiger partial charge in [-0.15, -0.1) is 11.6 Å². The van der Waals surface area contributed by atoms with Gasteiger partial charge in [0.2, 0.25) is 0 Å². The molecule has 0 unspecified atom stereocenters. The second-order valence-electron chi connectivity index (χ2n) is 4.64. The first-order valence-electron chi connectivity index (χ1n) is 5.18. The molecule has 3 aliphatic carbocycles. The molecule has 4 rings (SSSR count). The lowest BCUT2D eigenvalue weighted by Gasteiger charge is -2.45. The highest BCUT2D eigenvalue weighted by Gasteiger charge is 2.64. The van der Waals surface area contributed by atoms with Crippen LogP contribution in [-0.2, 0) is 14.3 Å². The summed E-state index contributed by atoms with van der Waals surface area (Å²) in [5.74, 6) is -2.40. The Kier molecular flexibility index (Phi) is 1.81. The van der Waals surface area contributed by atoms with E-state index in [9.17, 15) is 9.59 Å². The van der Waals surface area contributed by atoms with Crippen molar-refractivity contribution in [3.63, 3.8) is 0 Å². The van der Waals surface area contributed by atoms with E-state index < -0.39 is 17.8 Å². The van der Waals surface area contributed by atoms with Crippen molar-refractivity contribution in [3.8, 4) is 0 Å². The van der Waals surface area contributed by atoms with Crippen LogP contribution in [0.4, 0.5) is 0 Å². The quantitative estimate of drug-likeness (QED) is 0.537. The highest BCUT2D eigenvalue weighted by Crippen LogP contribution is 2.55. The Bertz CT molecular complexity index is 342. The molecule has 0 aromatic rings. The summed E-state index contributed by atoms with van der Waals surface area (Å²) in [6, 6.07) is 0. The van der Waals surface area contributed by atoms with E-state index in [0.29, 0.717) is 0 Å². The minimum atomic E-state index is -0.905. The number of carboxylic acid groups (broad SMARTS) is 1. The third kappa shape index (κ3) is 1.03. The zero-order valence-electron chi connectivity index (χ0n) is 7.93. The molecule has 1 N–H and O–H groups in total. The number of hydrogen-bond donors (Lipinski definition) is 1. The molecule has 0 aromatic heterocycles. The Hall–Kier alpha value is -0.770. The number of hydrogen-bond acceptors (Lipinski definition) is 3. The van der Waals surface area contributed by atoms with Gasteiger partial charge in [0.1, 0.15) is 6.10 Å². The molecule has 1 saturated heterocycles. The second kappa shape index (κ2) is 2.88. The summed E-state index contributed by atoms with van der Waals surface area (Å²) in [5, 5.41) is 8.84. The van der Waals surface area contributed by atoms with Crippen LogP contribution in [0.1, 0.15) is 12.8 Å². The number of rotatable bonds is 1. The second-order valence-corrected chi connectivity index (χ2v) is 5.14. The van der Waals surface area contributed by atoms with E-state index in [1.807, 2.05) is 0 Å². The highest BCUT2D eigenvalue weighted by atomic mass is 35.5. The maximum absolute atomic E-state index is 11.6. The fraction of sp³-hybridized carbons (Fsp3) is 0.800. The lowest BCUT2D eigenvalue weighted by atomic mass is 9.58. The largest absolute Gasteiger partial charge is 0.481 e. The van der Waals surface area contributed by atoms with Crippen molar-refractivity contribution < 1.29 is 19.4 Å². The van der Waals surface area contributed by atoms with E-state index in [1.54, 1.807) is 0 Å². The monoisotopic (exact) mass is 230 g/mol. The number of ether oxygens (including phenoxy) is 1. The van der Waals surface area contributed by atoms with Gasteiger partial charge in [-0.05, 0) is 18.8 Å². The van der Waals surface area contributed by atoms with Crippen molar-refractivity contribution in [1.82, 2.24) is 0 Å². The fourth-order valence-corrected chi connectivity index (χ4v) is 4.03. The fourth-order valence-electron chi connectivity index (χ4n) is 3.51. The normalized spacial score (nSPS) is 51.7. The molecule has 0 aromatic carbocycles. The van der Waals surface area contributed by atoms with Crippen molar-refractivity contribution in [2.45, 2.75) is 24.3 Å². The molecule has 0 radical (unpaired) electrons. The number of carboxylic acids is 1. The van der Waals surface area contributed by atoms with E-state index in [-0.39, 0.29) is 29.3 Å². The number of fused-ring (bicyclic) bond motifs is 1. The standard InChI is InChI=1S/C10H11ClO4/c11-7-3-1-2-4-6(5(3)9(12)13)10(14)15-8(4)7/h3-8H,1-2H2,(H,12,13)/t3-,4-,5-,6-,7-,8-/m1/s1. The van der Waals surface area contributed by atoms with Gasteiger partial charge in [0.05, 0.1) is 17.2 Å². The van der Waals surface area contributed by atoms with Crippen molar-refractivity contribution in [1.29, 1.82) is 0 Å². The van der Waals surface area contributed by atoms with E-state index in [0.717, 1.165) is 12.8 Å². The maximum atomic E-state index is 11.6. The number of carbonyl (C=O) groups excluding carboxylic acids is 1. The van der Waals surface area contributed by atoms with Crippen LogP contribution in [-0.4, -0.2) is 28.5 Å². The highest BCUT2D eigenvalue weighted by molar-refractivity contribution is 6.22. The minimum Gasteiger partial charge on any atom is -0.481 e. The molecule has 4 bridgehead atoms. The van der Waals surface area contributed by atoms with Gasteiger partial charge in [-0.2, -0.15) is 0 Å². The molecule has 5 heteroatoms. The summed E-state index contributed by atoms with van der Waals surface area (Å²) in [6.07, 6.45) is 1.44. The summed E-state index contributed by atoms with van der Waals surface area (Å²) in [6.45, 7) is 0. The van der Waals surface area contributed by atoms with Gasteiger partial charge in [0, 0.05) is 5.92 Å². The Labute approximate surface area is 91.5 Å². The summed E-state index contributed by atoms with van der Waals surface area (Å²) in [5.41, 5.74) is 0. The number of carbonyl (C=O) groups is 2. The van der Waals surface area contributed by atoms with Gasteiger partial charge >= 0.3 is 11.9 Å². The minimum absolute atomic E-state index is 0.0334. The van der Waals surface area contributed by atoms with E-state index in [1.165, 1.54) is 0 Å². The van der Waals surface area contributed by atoms with Crippen LogP contribution in [0.25, 0.3) is 0 Å². The van der Waals surface area contributed by atoms with Crippen LogP contribution in [0.5, 0.6) is 0 Å². The zero-order chi connectivity index (χ0) is 10.7. The zero-order valence-corrected chi connectivity index (χ0v) is 8.68. The number of aliphatic carboxylic acids is 1. The summed E-state index contributed by atoms with van der Waals surface area (Å²) in [4.78, 5) is 22.7. The molecule has 6 atom stereocenters. The Balaban J connectivity index is 2.05. The molecule has 4 fully saturated rings. The van der Waals surface area contributed by atoms with Gasteiger partial charge < -0.3 is 9.84 Å². The van der Waals surface area contributed by atoms with Crippen LogP contribution in [0, 0.1) is 23.7 Å². The third-order valence-electron chi connectivity index (χ3n) is 4.10. The summed E-state index contributed by atoms with van der Waals surface area (Å²) in [7, 11) is 0. The summed E-state index contributed by atoms with van der Waals surface area (Å²) < 4.78 is 5.18. The van der Waals surface area contributed by atoms with Crippen LogP contribution >= 0.6 is 11.6 Å². The van der Waals surface area contributed by atoms with Crippen molar-refractivity contribution in [2.75, 3.05) is 0 Å². The summed E-state index contributed by atoms with van der Waals surface area (Å²) >= 11 is 6.17. The molecule has 1 heterocycles. The number of alkyl halides is 1. The lowest BCUT2D eigenvalue weighted by Crippen LogP contribution is -2.53. The molecule has 82 valence electrons. The first kappa shape index (κ1) is 9.46. The van der Waals surface area contributed by atoms with Gasteiger partial charge in [-0.1, -0.05) is 0 Å². The van der Waals surface area contributed by atoms with Gasteiger partial charge in [0.15, 0.2) is 0 Å². The van der Waals surface area contributed by atoms with Crippen LogP contribution in [0.2, 0.25) is 0 Å². The number of halogens is 1. The van der Waals surface area contributed by atoms with Gasteiger partial charge in [-0.25, -0.2) is 0 Å². The van der Waals surface area contributed by atoms with E-state index >= 15 is 0 Å². The molecule has 3 saturated carbocycles. The topological polar surface area (TPSA) is 63.6 Å². The molecule has 0 amide bonds. The molecular formula is C10H11ClO4. The lowest BCUT2D eigenvalue weighted by molar-refractivity contribution is -0.154. The van der Waals surface area contributed by atoms with E-state index in [4.69, 9.17) is 21.4 Å². The molecule has 4 nitrogen and oxygen atoms in total. The van der Waals surface area contributed by atoms with Gasteiger partial charge in [0.25, 0.3) is 0 Å². The van der Waals surface area contributed by atoms with Crippen LogP contribution in [0.15, 0.2) is 0 Å². The Morgan fingerprint density at radius 3 is 2.73 bits per heavy atom. The molecule has 15 heavy (non-hydrogen) atoms. The first-order chi connectivity index (χ1) is 7.11. The number of esters is 1. The maximum Gasteiger partial charge on any atom is 0.310 e. The molecule has 0 spiro atoms. The van der Waals surface area contributed by atoms with Crippen LogP contribution in [0.3, 0.4) is 0 Å². The first-order valence-corrected chi connectivity index (χ1v) is 5.62. The molecular weight excluding hydrogens is 220 g/mol. The van der Waals surface area contributed by atoms with E-state index in [2.05, 4.69) is 0 Å². The van der Waals surface area contributed by atoms with Crippen LogP contribution < -0.4 is 0 Å². The predicted octanol–water partition coefficient (Wildman–Crippen LogP) is 0.876. The Morgan fingerprint density at radius 2 is 2.07 bits per heavy atom. The van der Waals surface area contributed by atoms with Crippen molar-refractivity contribution >= 4 is 23.5 Å². The molecule has 4 aliphatic rings. The SMILES string of the molecule is O=C(O)[C@@H]1[C@H]2CC[C@H]3[C@@H](OC(=O)[C@H]31)[C@@H]2Cl. The third-order valence-corrected chi connectivity index (χ3v) is 4.67. The smallest absolute Gasteiger partial charge is 0.310 e. The van der Waals surface area contributed by atoms with Gasteiger partial charge in [-0.3, -0.25) is 9.59 Å². The Morgan fingerprint density at radius 1 is 1.40 bits per heavy atom. The predicted molar refractivity (Wildman–Crippen MR) is 50.4 cm³/mol. The van der Waals surface area contributed by atoms with Crippen molar-refractivity contribution in [2.24, 2.45) is 23.7 Å². The average Bonchev–Trinajstić information content (AvgIpc) is 2.49. The van der Waals surface area contributed by atoms with Crippen molar-refractivity contribution in [3.05, 3.63) is 0 Å².